The average Bonchev–Trinajstić information content (AvgIpc) is 2.37. The van der Waals surface area contributed by atoms with Crippen LogP contribution in [0.4, 0.5) is 8.78 Å². The van der Waals surface area contributed by atoms with E-state index in [0.29, 0.717) is 0 Å². The minimum absolute atomic E-state index is 0.0396. The Morgan fingerprint density at radius 1 is 1.33 bits per heavy atom. The van der Waals surface area contributed by atoms with E-state index in [9.17, 15) is 23.5 Å². The molecule has 116 valence electrons. The molecule has 0 aliphatic carbocycles. The third-order valence-corrected chi connectivity index (χ3v) is 3.18. The molecule has 0 radical (unpaired) electrons. The number of carbonyl (C=O) groups excluding carboxylic acids is 1. The van der Waals surface area contributed by atoms with E-state index >= 15 is 0 Å². The number of carboxylic acids is 1. The van der Waals surface area contributed by atoms with Crippen molar-refractivity contribution >= 4 is 11.9 Å². The summed E-state index contributed by atoms with van der Waals surface area (Å²) in [4.78, 5) is 23.1. The van der Waals surface area contributed by atoms with Gasteiger partial charge in [0.05, 0.1) is 17.7 Å². The second kappa shape index (κ2) is 6.62. The number of hydrogen-bond donors (Lipinski definition) is 3. The van der Waals surface area contributed by atoms with Gasteiger partial charge in [-0.05, 0) is 31.5 Å². The Kier molecular flexibility index (Phi) is 5.37. The topological polar surface area (TPSA) is 86.6 Å². The fourth-order valence-electron chi connectivity index (χ4n) is 1.95. The minimum Gasteiger partial charge on any atom is -0.478 e. The van der Waals surface area contributed by atoms with Crippen LogP contribution in [-0.2, 0) is 0 Å². The largest absolute Gasteiger partial charge is 0.478 e. The van der Waals surface area contributed by atoms with Gasteiger partial charge in [0.25, 0.3) is 5.91 Å². The summed E-state index contributed by atoms with van der Waals surface area (Å²) in [7, 11) is 0. The summed E-state index contributed by atoms with van der Waals surface area (Å²) in [5.41, 5.74) is -1.21. The molecular formula is C14H17F2NO4. The number of benzene rings is 1. The van der Waals surface area contributed by atoms with E-state index in [1.54, 1.807) is 0 Å². The molecule has 3 N–H and O–H groups in total. The molecule has 0 fully saturated rings. The number of carbonyl (C=O) groups is 2. The number of aromatic carboxylic acids is 1. The SMILES string of the molecule is Cc1c(C(=O)O)cccc1C(=O)NC(C)(CO)CC(F)F. The highest BCUT2D eigenvalue weighted by atomic mass is 19.3. The van der Waals surface area contributed by atoms with Gasteiger partial charge in [-0.3, -0.25) is 4.79 Å². The lowest BCUT2D eigenvalue weighted by Gasteiger charge is -2.28. The van der Waals surface area contributed by atoms with Crippen LogP contribution in [0, 0.1) is 6.92 Å². The molecule has 1 rings (SSSR count). The Hall–Kier alpha value is -2.02. The van der Waals surface area contributed by atoms with Crippen LogP contribution < -0.4 is 5.32 Å². The van der Waals surface area contributed by atoms with Gasteiger partial charge in [0.15, 0.2) is 0 Å². The Labute approximate surface area is 120 Å². The molecule has 0 aromatic heterocycles. The number of rotatable bonds is 6. The maximum absolute atomic E-state index is 12.5. The highest BCUT2D eigenvalue weighted by Crippen LogP contribution is 2.18. The molecule has 0 heterocycles. The van der Waals surface area contributed by atoms with Crippen molar-refractivity contribution < 1.29 is 28.6 Å². The van der Waals surface area contributed by atoms with Crippen molar-refractivity contribution in [2.24, 2.45) is 0 Å². The lowest BCUT2D eigenvalue weighted by Crippen LogP contribution is -2.50. The molecule has 7 heteroatoms. The number of aliphatic hydroxyl groups is 1. The van der Waals surface area contributed by atoms with Crippen LogP contribution in [0.1, 0.15) is 39.6 Å². The van der Waals surface area contributed by atoms with E-state index in [2.05, 4.69) is 5.32 Å². The van der Waals surface area contributed by atoms with Gasteiger partial charge in [0, 0.05) is 12.0 Å². The van der Waals surface area contributed by atoms with Gasteiger partial charge in [-0.1, -0.05) is 6.07 Å². The third kappa shape index (κ3) is 4.22. The predicted octanol–water partition coefficient (Wildman–Crippen LogP) is 1.83. The smallest absolute Gasteiger partial charge is 0.335 e. The summed E-state index contributed by atoms with van der Waals surface area (Å²) in [6, 6.07) is 4.14. The lowest BCUT2D eigenvalue weighted by atomic mass is 9.96. The molecule has 1 aromatic rings. The number of carboxylic acid groups (broad SMARTS) is 1. The van der Waals surface area contributed by atoms with Crippen molar-refractivity contribution in [3.8, 4) is 0 Å². The zero-order valence-electron chi connectivity index (χ0n) is 11.7. The van der Waals surface area contributed by atoms with Crippen LogP contribution >= 0.6 is 0 Å². The van der Waals surface area contributed by atoms with Gasteiger partial charge in [-0.25, -0.2) is 13.6 Å². The maximum Gasteiger partial charge on any atom is 0.335 e. The molecule has 1 amide bonds. The van der Waals surface area contributed by atoms with E-state index in [1.807, 2.05) is 0 Å². The average molecular weight is 301 g/mol. The van der Waals surface area contributed by atoms with Crippen LogP contribution in [-0.4, -0.2) is 40.7 Å². The van der Waals surface area contributed by atoms with E-state index in [1.165, 1.54) is 32.0 Å². The summed E-state index contributed by atoms with van der Waals surface area (Å²) in [6.45, 7) is 2.11. The molecule has 1 unspecified atom stereocenters. The summed E-state index contributed by atoms with van der Waals surface area (Å²) >= 11 is 0. The van der Waals surface area contributed by atoms with E-state index in [-0.39, 0.29) is 16.7 Å². The highest BCUT2D eigenvalue weighted by Gasteiger charge is 2.30. The summed E-state index contributed by atoms with van der Waals surface area (Å²) < 4.78 is 25.0. The number of halogens is 2. The van der Waals surface area contributed by atoms with Crippen molar-refractivity contribution in [3.05, 3.63) is 34.9 Å². The quantitative estimate of drug-likeness (QED) is 0.748. The minimum atomic E-state index is -2.69. The number of nitrogens with one attached hydrogen (secondary N) is 1. The second-order valence-corrected chi connectivity index (χ2v) is 5.05. The van der Waals surface area contributed by atoms with Gasteiger partial charge in [0.2, 0.25) is 6.43 Å². The fraction of sp³-hybridized carbons (Fsp3) is 0.429. The highest BCUT2D eigenvalue weighted by molar-refractivity contribution is 6.00. The first-order valence-corrected chi connectivity index (χ1v) is 6.24. The second-order valence-electron chi connectivity index (χ2n) is 5.05. The van der Waals surface area contributed by atoms with Crippen molar-refractivity contribution in [2.75, 3.05) is 6.61 Å². The van der Waals surface area contributed by atoms with Crippen molar-refractivity contribution in [3.63, 3.8) is 0 Å². The summed E-state index contributed by atoms with van der Waals surface area (Å²) in [5.74, 6) is -1.88. The molecule has 21 heavy (non-hydrogen) atoms. The van der Waals surface area contributed by atoms with Gasteiger partial charge in [-0.2, -0.15) is 0 Å². The van der Waals surface area contributed by atoms with E-state index in [0.717, 1.165) is 0 Å². The molecule has 0 saturated heterocycles. The standard InChI is InChI=1S/C14H17F2NO4/c1-8-9(4-3-5-10(8)13(20)21)12(19)17-14(2,7-18)6-11(15)16/h3-5,11,18H,6-7H2,1-2H3,(H,17,19)(H,20,21). The monoisotopic (exact) mass is 301 g/mol. The van der Waals surface area contributed by atoms with Gasteiger partial charge < -0.3 is 15.5 Å². The van der Waals surface area contributed by atoms with E-state index in [4.69, 9.17) is 5.11 Å². The Balaban J connectivity index is 3.04. The maximum atomic E-state index is 12.5. The molecule has 0 aliphatic rings. The predicted molar refractivity (Wildman–Crippen MR) is 71.7 cm³/mol. The summed E-state index contributed by atoms with van der Waals surface area (Å²) in [6.07, 6.45) is -3.39. The van der Waals surface area contributed by atoms with Crippen molar-refractivity contribution in [2.45, 2.75) is 32.2 Å². The van der Waals surface area contributed by atoms with Crippen molar-refractivity contribution in [1.82, 2.24) is 5.32 Å². The van der Waals surface area contributed by atoms with Gasteiger partial charge in [0.1, 0.15) is 0 Å². The fourth-order valence-corrected chi connectivity index (χ4v) is 1.95. The first-order valence-electron chi connectivity index (χ1n) is 6.24. The molecule has 0 spiro atoms. The number of aliphatic hydroxyl groups excluding tert-OH is 1. The van der Waals surface area contributed by atoms with Crippen LogP contribution in [0.25, 0.3) is 0 Å². The Bertz CT molecular complexity index is 548. The molecule has 0 bridgehead atoms. The molecule has 5 nitrogen and oxygen atoms in total. The number of alkyl halides is 2. The molecule has 1 atom stereocenters. The third-order valence-electron chi connectivity index (χ3n) is 3.18. The van der Waals surface area contributed by atoms with Crippen molar-refractivity contribution in [1.29, 1.82) is 0 Å². The zero-order chi connectivity index (χ0) is 16.2. The Morgan fingerprint density at radius 3 is 2.38 bits per heavy atom. The van der Waals surface area contributed by atoms with E-state index < -0.39 is 36.9 Å². The Morgan fingerprint density at radius 2 is 1.90 bits per heavy atom. The van der Waals surface area contributed by atoms with Gasteiger partial charge >= 0.3 is 5.97 Å². The lowest BCUT2D eigenvalue weighted by molar-refractivity contribution is 0.0585. The molecule has 0 aliphatic heterocycles. The van der Waals surface area contributed by atoms with Crippen LogP contribution in [0.3, 0.4) is 0 Å². The zero-order valence-corrected chi connectivity index (χ0v) is 11.7. The van der Waals surface area contributed by atoms with Crippen LogP contribution in [0.5, 0.6) is 0 Å². The number of amides is 1. The molecular weight excluding hydrogens is 284 g/mol. The van der Waals surface area contributed by atoms with Crippen LogP contribution in [0.2, 0.25) is 0 Å². The van der Waals surface area contributed by atoms with Gasteiger partial charge in [-0.15, -0.1) is 0 Å². The molecule has 1 aromatic carbocycles. The molecule has 0 saturated carbocycles. The normalized spacial score (nSPS) is 13.8. The first kappa shape index (κ1) is 17.0. The summed E-state index contributed by atoms with van der Waals surface area (Å²) in [5, 5.41) is 20.5. The first-order chi connectivity index (χ1) is 9.70. The number of hydrogen-bond acceptors (Lipinski definition) is 3. The van der Waals surface area contributed by atoms with Crippen LogP contribution in [0.15, 0.2) is 18.2 Å².